The number of rotatable bonds is 9. The second-order valence-electron chi connectivity index (χ2n) is 9.22. The summed E-state index contributed by atoms with van der Waals surface area (Å²) < 4.78 is 12.1. The molecule has 0 aliphatic carbocycles. The van der Waals surface area contributed by atoms with E-state index in [1.165, 1.54) is 24.9 Å². The molecule has 40 heavy (non-hydrogen) atoms. The van der Waals surface area contributed by atoms with Gasteiger partial charge < -0.3 is 24.8 Å². The molecule has 0 radical (unpaired) electrons. The van der Waals surface area contributed by atoms with Crippen molar-refractivity contribution in [1.82, 2.24) is 30.0 Å². The van der Waals surface area contributed by atoms with E-state index in [1.54, 1.807) is 31.6 Å². The number of aromatic amines is 1. The predicted octanol–water partition coefficient (Wildman–Crippen LogP) is 2.81. The summed E-state index contributed by atoms with van der Waals surface area (Å²) in [5.74, 6) is 1.75. The van der Waals surface area contributed by atoms with E-state index in [1.807, 2.05) is 6.07 Å². The highest BCUT2D eigenvalue weighted by Gasteiger charge is 2.35. The van der Waals surface area contributed by atoms with Crippen molar-refractivity contribution >= 4 is 46.0 Å². The van der Waals surface area contributed by atoms with Crippen molar-refractivity contribution in [2.45, 2.75) is 18.3 Å². The number of aryl methyl sites for hydroxylation is 1. The Bertz CT molecular complexity index is 1580. The smallest absolute Gasteiger partial charge is 0.259 e. The number of anilines is 2. The van der Waals surface area contributed by atoms with Crippen LogP contribution in [-0.4, -0.2) is 75.5 Å². The Morgan fingerprint density at radius 1 is 1.20 bits per heavy atom. The minimum atomic E-state index is -0.890. The van der Waals surface area contributed by atoms with Gasteiger partial charge in [-0.15, -0.1) is 0 Å². The van der Waals surface area contributed by atoms with Gasteiger partial charge in [0, 0.05) is 61.7 Å². The molecule has 14 heteroatoms. The second-order valence-corrected chi connectivity index (χ2v) is 9.98. The van der Waals surface area contributed by atoms with Crippen LogP contribution in [0, 0.1) is 0 Å². The van der Waals surface area contributed by atoms with Crippen LogP contribution in [-0.2, 0) is 7.05 Å². The molecule has 4 N–H and O–H groups in total. The summed E-state index contributed by atoms with van der Waals surface area (Å²) in [4.78, 5) is 24.8. The van der Waals surface area contributed by atoms with E-state index >= 15 is 0 Å². The number of H-pyrrole nitrogens is 1. The number of aromatic nitrogens is 5. The highest BCUT2D eigenvalue weighted by molar-refractivity contribution is 6.41. The van der Waals surface area contributed by atoms with Crippen LogP contribution in [0.5, 0.6) is 11.5 Å². The van der Waals surface area contributed by atoms with Crippen molar-refractivity contribution in [2.24, 2.45) is 7.05 Å². The average molecular weight is 587 g/mol. The first-order valence-corrected chi connectivity index (χ1v) is 13.1. The predicted molar refractivity (Wildman–Crippen MR) is 155 cm³/mol. The van der Waals surface area contributed by atoms with E-state index in [-0.39, 0.29) is 33.3 Å². The molecule has 1 unspecified atom stereocenters. The molecule has 1 saturated heterocycles. The van der Waals surface area contributed by atoms with E-state index < -0.39 is 6.23 Å². The molecule has 1 aromatic carbocycles. The largest absolute Gasteiger partial charge is 0.495 e. The van der Waals surface area contributed by atoms with E-state index in [0.717, 1.165) is 5.82 Å². The van der Waals surface area contributed by atoms with E-state index in [2.05, 4.69) is 42.3 Å². The van der Waals surface area contributed by atoms with Gasteiger partial charge in [0.2, 0.25) is 5.95 Å². The second kappa shape index (κ2) is 11.3. The van der Waals surface area contributed by atoms with Crippen molar-refractivity contribution in [2.75, 3.05) is 37.5 Å². The van der Waals surface area contributed by atoms with Gasteiger partial charge in [-0.1, -0.05) is 29.8 Å². The number of benzene rings is 1. The van der Waals surface area contributed by atoms with E-state index in [4.69, 9.17) is 32.7 Å². The third kappa shape index (κ3) is 5.06. The molecule has 1 aliphatic rings. The normalized spacial score (nSPS) is 17.7. The summed E-state index contributed by atoms with van der Waals surface area (Å²) in [6.07, 6.45) is 3.90. The minimum absolute atomic E-state index is 0.178. The standard InChI is InChI=1S/C26H28Cl2N8O4/c1-5-20(37)31-15-11-36(19-6-7-30-34-19)12-16(15)32-26-29-10-13-8-14(25(38)35(2)24(13)33-26)21-22(27)17(39-3)9-18(40-4)23(21)28/h5-10,15-16,20,31,37H,1,11-12H2,2-4H3,(H,30,34)(H,29,32,33)/t15-,16+,20?/m0/s1. The summed E-state index contributed by atoms with van der Waals surface area (Å²) in [5, 5.41) is 24.7. The van der Waals surface area contributed by atoms with Crippen LogP contribution in [0.4, 0.5) is 11.8 Å². The molecular formula is C26H28Cl2N8O4. The summed E-state index contributed by atoms with van der Waals surface area (Å²) in [6.45, 7) is 4.79. The topological polar surface area (TPSA) is 142 Å². The van der Waals surface area contributed by atoms with Crippen LogP contribution in [0.15, 0.2) is 48.0 Å². The number of aliphatic hydroxyl groups is 1. The summed E-state index contributed by atoms with van der Waals surface area (Å²) >= 11 is 13.2. The number of fused-ring (bicyclic) bond motifs is 1. The Balaban J connectivity index is 1.51. The zero-order chi connectivity index (χ0) is 28.6. The van der Waals surface area contributed by atoms with Gasteiger partial charge in [0.05, 0.1) is 35.9 Å². The Morgan fingerprint density at radius 2 is 1.90 bits per heavy atom. The number of pyridine rings is 1. The molecule has 0 bridgehead atoms. The van der Waals surface area contributed by atoms with Gasteiger partial charge in [-0.25, -0.2) is 4.98 Å². The molecule has 4 aromatic rings. The number of nitrogens with one attached hydrogen (secondary N) is 3. The number of hydrogen-bond acceptors (Lipinski definition) is 10. The van der Waals surface area contributed by atoms with Gasteiger partial charge in [0.15, 0.2) is 0 Å². The molecule has 1 aliphatic heterocycles. The first kappa shape index (κ1) is 27.7. The third-order valence-electron chi connectivity index (χ3n) is 6.84. The maximum absolute atomic E-state index is 13.5. The Hall–Kier alpha value is -3.84. The lowest BCUT2D eigenvalue weighted by Crippen LogP contribution is -2.47. The zero-order valence-corrected chi connectivity index (χ0v) is 23.5. The molecule has 0 saturated carbocycles. The zero-order valence-electron chi connectivity index (χ0n) is 22.0. The molecule has 0 spiro atoms. The first-order chi connectivity index (χ1) is 19.2. The monoisotopic (exact) mass is 586 g/mol. The van der Waals surface area contributed by atoms with Gasteiger partial charge >= 0.3 is 0 Å². The van der Waals surface area contributed by atoms with Crippen molar-refractivity contribution < 1.29 is 14.6 Å². The minimum Gasteiger partial charge on any atom is -0.495 e. The lowest BCUT2D eigenvalue weighted by atomic mass is 10.0. The van der Waals surface area contributed by atoms with Crippen LogP contribution in [0.3, 0.4) is 0 Å². The number of hydrogen-bond donors (Lipinski definition) is 4. The van der Waals surface area contributed by atoms with Gasteiger partial charge in [0.1, 0.15) is 29.2 Å². The average Bonchev–Trinajstić information content (AvgIpc) is 3.62. The number of methoxy groups -OCH3 is 2. The van der Waals surface area contributed by atoms with Crippen molar-refractivity contribution in [3.63, 3.8) is 0 Å². The van der Waals surface area contributed by atoms with Gasteiger partial charge in [0.25, 0.3) is 5.56 Å². The highest BCUT2D eigenvalue weighted by Crippen LogP contribution is 2.45. The molecule has 4 heterocycles. The van der Waals surface area contributed by atoms with Crippen molar-refractivity contribution in [1.29, 1.82) is 0 Å². The van der Waals surface area contributed by atoms with Crippen LogP contribution < -0.4 is 30.6 Å². The van der Waals surface area contributed by atoms with Crippen LogP contribution >= 0.6 is 23.2 Å². The quantitative estimate of drug-likeness (QED) is 0.171. The number of aliphatic hydroxyl groups excluding tert-OH is 1. The van der Waals surface area contributed by atoms with Crippen molar-refractivity contribution in [3.8, 4) is 22.6 Å². The van der Waals surface area contributed by atoms with E-state index in [9.17, 15) is 9.90 Å². The molecule has 5 rings (SSSR count). The molecular weight excluding hydrogens is 559 g/mol. The summed E-state index contributed by atoms with van der Waals surface area (Å²) in [7, 11) is 4.55. The lowest BCUT2D eigenvalue weighted by molar-refractivity contribution is 0.169. The number of nitrogens with zero attached hydrogens (tertiary/aromatic N) is 5. The molecule has 1 fully saturated rings. The summed E-state index contributed by atoms with van der Waals surface area (Å²) in [6, 6.07) is 4.71. The lowest BCUT2D eigenvalue weighted by Gasteiger charge is -2.22. The van der Waals surface area contributed by atoms with Gasteiger partial charge in [-0.2, -0.15) is 10.1 Å². The Labute approximate surface area is 239 Å². The van der Waals surface area contributed by atoms with Crippen LogP contribution in [0.2, 0.25) is 10.0 Å². The molecule has 210 valence electrons. The van der Waals surface area contributed by atoms with Crippen LogP contribution in [0.25, 0.3) is 22.2 Å². The van der Waals surface area contributed by atoms with E-state index in [0.29, 0.717) is 47.1 Å². The number of ether oxygens (including phenoxy) is 2. The molecule has 12 nitrogen and oxygen atoms in total. The number of halogens is 2. The van der Waals surface area contributed by atoms with Crippen LogP contribution in [0.1, 0.15) is 0 Å². The maximum atomic E-state index is 13.5. The Kier molecular flexibility index (Phi) is 7.86. The Morgan fingerprint density at radius 3 is 2.52 bits per heavy atom. The SMILES string of the molecule is C=CC(O)N[C@H]1CN(c2cc[nH]n2)C[C@H]1Nc1ncc2cc(-c3c(Cl)c(OC)cc(OC)c3Cl)c(=O)n(C)c2n1. The molecule has 3 atom stereocenters. The highest BCUT2D eigenvalue weighted by atomic mass is 35.5. The summed E-state index contributed by atoms with van der Waals surface area (Å²) in [5.41, 5.74) is 0.588. The van der Waals surface area contributed by atoms with Gasteiger partial charge in [-0.05, 0) is 12.1 Å². The molecule has 3 aromatic heterocycles. The maximum Gasteiger partial charge on any atom is 0.259 e. The fraction of sp³-hybridized carbons (Fsp3) is 0.308. The molecule has 0 amide bonds. The fourth-order valence-electron chi connectivity index (χ4n) is 4.81. The fourth-order valence-corrected chi connectivity index (χ4v) is 5.51. The van der Waals surface area contributed by atoms with Crippen molar-refractivity contribution in [3.05, 3.63) is 63.6 Å². The van der Waals surface area contributed by atoms with Gasteiger partial charge in [-0.3, -0.25) is 19.8 Å². The first-order valence-electron chi connectivity index (χ1n) is 12.3. The third-order valence-corrected chi connectivity index (χ3v) is 7.59.